The molecule has 1 aliphatic rings. The van der Waals surface area contributed by atoms with Gasteiger partial charge in [-0.2, -0.15) is 0 Å². The molecule has 1 aromatic heterocycles. The zero-order chi connectivity index (χ0) is 80.2. The molecule has 0 bridgehead atoms. The minimum Gasteiger partial charge on any atom is -0.508 e. The van der Waals surface area contributed by atoms with Gasteiger partial charge in [-0.3, -0.25) is 62.9 Å². The van der Waals surface area contributed by atoms with Gasteiger partial charge < -0.3 is 96.4 Å². The summed E-state index contributed by atoms with van der Waals surface area (Å²) in [5.74, 6) is -8.02. The Kier molecular flexibility index (Phi) is 37.6. The van der Waals surface area contributed by atoms with Gasteiger partial charge >= 0.3 is 0 Å². The predicted molar refractivity (Wildman–Crippen MR) is 418 cm³/mol. The van der Waals surface area contributed by atoms with Gasteiger partial charge in [0.25, 0.3) is 0 Å². The Bertz CT molecular complexity index is 3670. The number of fused-ring (bicyclic) bond motifs is 1. The molecule has 1 fully saturated rings. The molecule has 10 unspecified atom stereocenters. The van der Waals surface area contributed by atoms with Crippen molar-refractivity contribution in [1.29, 1.82) is 0 Å². The minimum atomic E-state index is -1.52. The highest BCUT2D eigenvalue weighted by molar-refractivity contribution is 5.99. The average Bonchev–Trinajstić information content (AvgIpc) is 1.81. The molecule has 0 aliphatic carbocycles. The number of likely N-dealkylation sites (tertiary alicyclic amines) is 1. The molecular weight excluding hydrogens is 1400 g/mol. The van der Waals surface area contributed by atoms with Gasteiger partial charge in [0.1, 0.15) is 54.1 Å². The first-order chi connectivity index (χ1) is 51.8. The van der Waals surface area contributed by atoms with Crippen LogP contribution < -0.4 is 76.9 Å². The lowest BCUT2D eigenvalue weighted by Gasteiger charge is -2.34. The van der Waals surface area contributed by atoms with Gasteiger partial charge in [0, 0.05) is 71.4 Å². The van der Waals surface area contributed by atoms with Gasteiger partial charge in [-0.25, -0.2) is 0 Å². The number of aliphatic imine (C=N–C) groups is 2. The lowest BCUT2D eigenvalue weighted by atomic mass is 9.85. The number of hydrogen-bond acceptors (Lipinski definition) is 17. The van der Waals surface area contributed by atoms with Gasteiger partial charge in [0.2, 0.25) is 59.1 Å². The number of guanidine groups is 2. The van der Waals surface area contributed by atoms with Gasteiger partial charge in [0.15, 0.2) is 11.9 Å². The highest BCUT2D eigenvalue weighted by atomic mass is 16.5. The molecule has 31 heteroatoms. The molecule has 600 valence electrons. The molecule has 2 heterocycles. The van der Waals surface area contributed by atoms with Crippen LogP contribution in [0, 0.1) is 11.8 Å². The molecule has 1 saturated heterocycles. The molecule has 1 aliphatic heterocycles. The highest BCUT2D eigenvalue weighted by Crippen LogP contribution is 2.30. The van der Waals surface area contributed by atoms with E-state index in [0.717, 1.165) is 55.7 Å². The van der Waals surface area contributed by atoms with Gasteiger partial charge in [-0.05, 0) is 162 Å². The van der Waals surface area contributed by atoms with E-state index in [0.29, 0.717) is 48.7 Å². The van der Waals surface area contributed by atoms with Crippen LogP contribution in [0.1, 0.15) is 168 Å². The molecule has 0 radical (unpaired) electrons. The summed E-state index contributed by atoms with van der Waals surface area (Å²) in [6.45, 7) is 16.0. The quantitative estimate of drug-likeness (QED) is 0.0171. The van der Waals surface area contributed by atoms with E-state index in [-0.39, 0.29) is 113 Å². The second kappa shape index (κ2) is 45.7. The Morgan fingerprint density at radius 3 is 1.73 bits per heavy atom. The van der Waals surface area contributed by atoms with Gasteiger partial charge in [-0.15, -0.1) is 0 Å². The second-order valence-corrected chi connectivity index (χ2v) is 29.5. The third-order valence-corrected chi connectivity index (χ3v) is 19.4. The van der Waals surface area contributed by atoms with Crippen LogP contribution in [-0.4, -0.2) is 192 Å². The van der Waals surface area contributed by atoms with E-state index in [1.54, 1.807) is 31.4 Å². The molecular formula is C78H120N18O13. The molecule has 0 saturated carbocycles. The van der Waals surface area contributed by atoms with Gasteiger partial charge in [-0.1, -0.05) is 102 Å². The average molecular weight is 1520 g/mol. The van der Waals surface area contributed by atoms with Crippen LogP contribution in [0.15, 0.2) is 101 Å². The first kappa shape index (κ1) is 89.6. The molecule has 4 aromatic rings. The van der Waals surface area contributed by atoms with Crippen LogP contribution in [0.3, 0.4) is 0 Å². The summed E-state index contributed by atoms with van der Waals surface area (Å²) in [6, 6.07) is 11.8. The lowest BCUT2D eigenvalue weighted by molar-refractivity contribution is -0.142. The number of aromatic nitrogens is 1. The van der Waals surface area contributed by atoms with Crippen molar-refractivity contribution in [3.05, 3.63) is 108 Å². The Hall–Kier alpha value is -10.0. The van der Waals surface area contributed by atoms with E-state index in [1.165, 1.54) is 29.4 Å². The molecule has 109 heavy (non-hydrogen) atoms. The molecule has 21 N–H and O–H groups in total. The normalized spacial score (nSPS) is 15.6. The second-order valence-electron chi connectivity index (χ2n) is 29.5. The zero-order valence-corrected chi connectivity index (χ0v) is 64.7. The predicted octanol–water partition coefficient (Wildman–Crippen LogP) is 2.43. The number of carbonyl (C=O) groups excluding carboxylic acids is 10. The number of benzene rings is 3. The number of primary amides is 2. The molecule has 31 nitrogen and oxygen atoms in total. The molecule has 10 amide bonds. The monoisotopic (exact) mass is 1520 g/mol. The van der Waals surface area contributed by atoms with Crippen molar-refractivity contribution in [2.24, 2.45) is 56.2 Å². The molecule has 5 rings (SSSR count). The Morgan fingerprint density at radius 1 is 0.615 bits per heavy atom. The fraction of sp³-hybridized carbons (Fsp3) is 0.577. The number of carbonyl (C=O) groups is 10. The third-order valence-electron chi connectivity index (χ3n) is 19.4. The minimum absolute atomic E-state index is 0.00698. The number of nitrogens with one attached hydrogen (secondary N) is 8. The Morgan fingerprint density at radius 2 is 1.16 bits per heavy atom. The van der Waals surface area contributed by atoms with Crippen molar-refractivity contribution in [2.45, 2.75) is 230 Å². The summed E-state index contributed by atoms with van der Waals surface area (Å²) >= 11 is 0. The first-order valence-corrected chi connectivity index (χ1v) is 38.0. The van der Waals surface area contributed by atoms with Crippen LogP contribution in [-0.2, 0) is 76.7 Å². The number of rotatable bonds is 50. The standard InChI is InChI=1S/C78H120N18O13/c1-9-17-50(10-2)48-78(7,108-8)33-41-109-77(5,6)32-16-34-85-39-31-66(99)89-61(44-51-24-27-56(97)28-25-51)70(103)95-63(46-53-23-26-54-18-11-12-19-55(54)43-53)72(105)93-60(42-49(3)4)69(102)94-62(45-52-29-37-86-38-30-52)71(104)91-58(21-14-36-88-76(83)84)74(107)96-40-15-22-64(96)73(106)90-57(20-13-35-87-75(81)82)68(101)92-59(67(80)100)47-65(79)98/h11-12,18-19,23-30,37-38,43,49-50,57-64,85,97H,9-10,13-17,20-22,31-36,39-42,44-48H2,1-8H3,(H2,79,98)(H2,80,100)(H,89,99)(H,90,106)(H,91,104)(H,92,101)(H,93,105)(H,94,102)(H,95,103)(H4,81,82,87)(H4,83,84,88). The van der Waals surface area contributed by atoms with E-state index < -0.39 is 119 Å². The number of methoxy groups -OCH3 is 1. The number of amides is 10. The summed E-state index contributed by atoms with van der Waals surface area (Å²) in [5, 5.41) is 34.8. The number of aromatic hydroxyl groups is 1. The summed E-state index contributed by atoms with van der Waals surface area (Å²) < 4.78 is 12.4. The van der Waals surface area contributed by atoms with Crippen molar-refractivity contribution in [2.75, 3.05) is 46.4 Å². The number of pyridine rings is 1. The summed E-state index contributed by atoms with van der Waals surface area (Å²) in [5.41, 5.74) is 34.2. The zero-order valence-electron chi connectivity index (χ0n) is 64.7. The number of nitrogens with zero attached hydrogens (tertiary/aromatic N) is 4. The third kappa shape index (κ3) is 32.4. The number of phenols is 1. The maximum absolute atomic E-state index is 15.2. The van der Waals surface area contributed by atoms with Crippen LogP contribution in [0.2, 0.25) is 0 Å². The lowest BCUT2D eigenvalue weighted by Crippen LogP contribution is -2.61. The summed E-state index contributed by atoms with van der Waals surface area (Å²) in [7, 11) is 1.77. The van der Waals surface area contributed by atoms with Crippen molar-refractivity contribution < 1.29 is 62.5 Å². The number of hydrogen-bond donors (Lipinski definition) is 15. The SMILES string of the molecule is CCCC(CC)CC(C)(CCOC(C)(C)CCCNCCC(=O)NC(Cc1ccc(O)cc1)C(=O)NC(Cc1ccc2ccccc2c1)C(=O)NC(CC(C)C)C(=O)NC(Cc1ccncc1)C(=O)NC(CCCN=C(N)N)C(=O)N1CCCC1C(=O)NC(CCCN=C(N)N)C(=O)NC(CC(N)=O)C(N)=O)OC. The summed E-state index contributed by atoms with van der Waals surface area (Å²) in [4.78, 5) is 155. The molecule has 0 spiro atoms. The van der Waals surface area contributed by atoms with Crippen molar-refractivity contribution in [1.82, 2.24) is 52.4 Å². The fourth-order valence-corrected chi connectivity index (χ4v) is 13.2. The van der Waals surface area contributed by atoms with E-state index in [9.17, 15) is 33.9 Å². The first-order valence-electron chi connectivity index (χ1n) is 38.0. The van der Waals surface area contributed by atoms with Crippen molar-refractivity contribution in [3.63, 3.8) is 0 Å². The van der Waals surface area contributed by atoms with Crippen molar-refractivity contribution in [3.8, 4) is 5.75 Å². The van der Waals surface area contributed by atoms with Crippen LogP contribution >= 0.6 is 0 Å². The van der Waals surface area contributed by atoms with E-state index in [4.69, 9.17) is 43.9 Å². The Balaban J connectivity index is 1.39. The maximum atomic E-state index is 15.2. The van der Waals surface area contributed by atoms with Gasteiger partial charge in [0.05, 0.1) is 24.2 Å². The van der Waals surface area contributed by atoms with E-state index in [2.05, 4.69) is 92.1 Å². The molecule has 3 aromatic carbocycles. The van der Waals surface area contributed by atoms with Crippen LogP contribution in [0.5, 0.6) is 5.75 Å². The topological polar surface area (TPSA) is 503 Å². The number of nitrogens with two attached hydrogens (primary N) is 6. The fourth-order valence-electron chi connectivity index (χ4n) is 13.2. The number of ether oxygens (including phenoxy) is 2. The smallest absolute Gasteiger partial charge is 0.245 e. The van der Waals surface area contributed by atoms with Crippen LogP contribution in [0.4, 0.5) is 0 Å². The number of phenolic OH excluding ortho intramolecular Hbond substituents is 1. The highest BCUT2D eigenvalue weighted by Gasteiger charge is 2.41. The largest absolute Gasteiger partial charge is 0.508 e. The van der Waals surface area contributed by atoms with E-state index >= 15 is 19.2 Å². The van der Waals surface area contributed by atoms with E-state index in [1.807, 2.05) is 56.3 Å². The van der Waals surface area contributed by atoms with Crippen molar-refractivity contribution >= 4 is 81.8 Å². The maximum Gasteiger partial charge on any atom is 0.245 e. The summed E-state index contributed by atoms with van der Waals surface area (Å²) in [6.07, 6.45) is 9.39. The Labute approximate surface area is 640 Å². The molecule has 10 atom stereocenters. The van der Waals surface area contributed by atoms with Crippen LogP contribution in [0.25, 0.3) is 10.8 Å².